The molecule has 100 valence electrons. The zero-order valence-electron chi connectivity index (χ0n) is 12.4. The largest absolute Gasteiger partial charge is 0.457 e. The number of ether oxygens (including phenoxy) is 1. The van der Waals surface area contributed by atoms with Crippen molar-refractivity contribution in [2.75, 3.05) is 0 Å². The summed E-state index contributed by atoms with van der Waals surface area (Å²) in [5, 5.41) is 0. The van der Waals surface area contributed by atoms with Gasteiger partial charge in [-0.3, -0.25) is 0 Å². The van der Waals surface area contributed by atoms with E-state index in [-0.39, 0.29) is 5.41 Å². The molecule has 1 aromatic carbocycles. The molecule has 0 aliphatic carbocycles. The first-order valence-corrected chi connectivity index (χ1v) is 6.50. The van der Waals surface area contributed by atoms with Crippen molar-refractivity contribution in [2.45, 2.75) is 59.7 Å². The number of rotatable bonds is 0. The summed E-state index contributed by atoms with van der Waals surface area (Å²) in [6.45, 7) is 13.7. The molecule has 0 fully saturated rings. The highest BCUT2D eigenvalue weighted by Crippen LogP contribution is 2.57. The van der Waals surface area contributed by atoms with E-state index in [2.05, 4.69) is 26.8 Å². The van der Waals surface area contributed by atoms with Gasteiger partial charge in [0, 0.05) is 23.3 Å². The first kappa shape index (κ1) is 13.4. The fourth-order valence-electron chi connectivity index (χ4n) is 2.77. The van der Waals surface area contributed by atoms with Gasteiger partial charge in [-0.2, -0.15) is 4.39 Å². The molecule has 1 nitrogen and oxygen atoms in total. The number of aryl methyl sites for hydroxylation is 2. The molecule has 2 heteroatoms. The predicted octanol–water partition coefficient (Wildman–Crippen LogP) is 4.69. The minimum absolute atomic E-state index is 0.277. The molecule has 1 heterocycles. The van der Waals surface area contributed by atoms with Crippen molar-refractivity contribution < 1.29 is 9.13 Å². The van der Waals surface area contributed by atoms with Crippen LogP contribution in [0.15, 0.2) is 12.1 Å². The quantitative estimate of drug-likeness (QED) is 0.649. The SMILES string of the molecule is Cc1cc(C)c2c(c1)C(C)(C)C(C)(C)C(C)(F)O2. The van der Waals surface area contributed by atoms with E-state index in [4.69, 9.17) is 4.74 Å². The molecule has 1 aliphatic heterocycles. The van der Waals surface area contributed by atoms with E-state index in [9.17, 15) is 4.39 Å². The summed E-state index contributed by atoms with van der Waals surface area (Å²) in [5.41, 5.74) is 2.45. The van der Waals surface area contributed by atoms with Gasteiger partial charge in [-0.1, -0.05) is 45.4 Å². The maximum atomic E-state index is 14.9. The van der Waals surface area contributed by atoms with Crippen molar-refractivity contribution in [1.29, 1.82) is 0 Å². The topological polar surface area (TPSA) is 9.23 Å². The van der Waals surface area contributed by atoms with Crippen molar-refractivity contribution in [3.8, 4) is 5.75 Å². The molecule has 1 aliphatic rings. The van der Waals surface area contributed by atoms with Gasteiger partial charge in [0.25, 0.3) is 5.85 Å². The Morgan fingerprint density at radius 1 is 1.00 bits per heavy atom. The van der Waals surface area contributed by atoms with Crippen LogP contribution in [0.4, 0.5) is 4.39 Å². The molecule has 0 saturated carbocycles. The second kappa shape index (κ2) is 3.49. The molecule has 1 unspecified atom stereocenters. The Balaban J connectivity index is 2.77. The average Bonchev–Trinajstić information content (AvgIpc) is 2.19. The molecule has 0 aromatic heterocycles. The monoisotopic (exact) mass is 250 g/mol. The van der Waals surface area contributed by atoms with Crippen molar-refractivity contribution in [3.63, 3.8) is 0 Å². The Bertz CT molecular complexity index is 498. The summed E-state index contributed by atoms with van der Waals surface area (Å²) in [4.78, 5) is 0. The minimum atomic E-state index is -1.66. The Morgan fingerprint density at radius 3 is 2.11 bits per heavy atom. The Morgan fingerprint density at radius 2 is 1.56 bits per heavy atom. The Kier molecular flexibility index (Phi) is 2.60. The second-order valence-electron chi connectivity index (χ2n) is 6.73. The number of benzene rings is 1. The van der Waals surface area contributed by atoms with Crippen molar-refractivity contribution in [3.05, 3.63) is 28.8 Å². The van der Waals surface area contributed by atoms with E-state index in [1.165, 1.54) is 12.5 Å². The summed E-state index contributed by atoms with van der Waals surface area (Å²) in [6.07, 6.45) is 0. The molecule has 0 saturated heterocycles. The van der Waals surface area contributed by atoms with E-state index in [0.717, 1.165) is 16.9 Å². The maximum absolute atomic E-state index is 14.9. The van der Waals surface area contributed by atoms with Crippen molar-refractivity contribution in [2.24, 2.45) is 5.41 Å². The minimum Gasteiger partial charge on any atom is -0.457 e. The Labute approximate surface area is 109 Å². The van der Waals surface area contributed by atoms with Crippen LogP contribution in [0.3, 0.4) is 0 Å². The highest BCUT2D eigenvalue weighted by molar-refractivity contribution is 5.50. The second-order valence-corrected chi connectivity index (χ2v) is 6.73. The van der Waals surface area contributed by atoms with Crippen molar-refractivity contribution >= 4 is 0 Å². The average molecular weight is 250 g/mol. The molecule has 0 N–H and O–H groups in total. The zero-order valence-corrected chi connectivity index (χ0v) is 12.4. The van der Waals surface area contributed by atoms with Gasteiger partial charge in [-0.15, -0.1) is 0 Å². The van der Waals surface area contributed by atoms with Gasteiger partial charge >= 0.3 is 0 Å². The lowest BCUT2D eigenvalue weighted by Gasteiger charge is -2.53. The van der Waals surface area contributed by atoms with Gasteiger partial charge in [0.2, 0.25) is 0 Å². The predicted molar refractivity (Wildman–Crippen MR) is 72.9 cm³/mol. The smallest absolute Gasteiger partial charge is 0.251 e. The van der Waals surface area contributed by atoms with Crippen LogP contribution in [0.25, 0.3) is 0 Å². The normalized spacial score (nSPS) is 28.4. The molecule has 1 atom stereocenters. The van der Waals surface area contributed by atoms with E-state index in [0.29, 0.717) is 0 Å². The standard InChI is InChI=1S/C16H23FO/c1-10-8-11(2)13-12(9-10)14(3,4)15(5,6)16(7,17)18-13/h8-9H,1-7H3. The fourth-order valence-corrected chi connectivity index (χ4v) is 2.77. The summed E-state index contributed by atoms with van der Waals surface area (Å²) in [7, 11) is 0. The lowest BCUT2D eigenvalue weighted by Crippen LogP contribution is -2.57. The van der Waals surface area contributed by atoms with Crippen LogP contribution in [-0.2, 0) is 5.41 Å². The van der Waals surface area contributed by atoms with Gasteiger partial charge < -0.3 is 4.74 Å². The molecule has 0 spiro atoms. The zero-order chi connectivity index (χ0) is 13.9. The van der Waals surface area contributed by atoms with E-state index in [1.54, 1.807) is 0 Å². The van der Waals surface area contributed by atoms with Crippen LogP contribution in [0, 0.1) is 19.3 Å². The first-order chi connectivity index (χ1) is 8.00. The molecule has 18 heavy (non-hydrogen) atoms. The number of fused-ring (bicyclic) bond motifs is 1. The highest BCUT2D eigenvalue weighted by Gasteiger charge is 2.58. The van der Waals surface area contributed by atoms with Gasteiger partial charge in [0.05, 0.1) is 0 Å². The number of alkyl halides is 1. The molecular formula is C16H23FO. The van der Waals surface area contributed by atoms with Crippen LogP contribution < -0.4 is 4.74 Å². The summed E-state index contributed by atoms with van der Waals surface area (Å²) in [6, 6.07) is 4.17. The van der Waals surface area contributed by atoms with Gasteiger partial charge in [-0.25, -0.2) is 0 Å². The fraction of sp³-hybridized carbons (Fsp3) is 0.625. The molecule has 0 bridgehead atoms. The van der Waals surface area contributed by atoms with Gasteiger partial charge in [-0.05, 0) is 19.4 Å². The van der Waals surface area contributed by atoms with Crippen LogP contribution in [-0.4, -0.2) is 5.85 Å². The van der Waals surface area contributed by atoms with E-state index < -0.39 is 11.3 Å². The molecular weight excluding hydrogens is 227 g/mol. The highest BCUT2D eigenvalue weighted by atomic mass is 19.2. The van der Waals surface area contributed by atoms with Crippen molar-refractivity contribution in [1.82, 2.24) is 0 Å². The summed E-state index contributed by atoms with van der Waals surface area (Å²) in [5.74, 6) is -0.946. The van der Waals surface area contributed by atoms with Crippen LogP contribution >= 0.6 is 0 Å². The molecule has 1 aromatic rings. The van der Waals surface area contributed by atoms with Crippen LogP contribution in [0.2, 0.25) is 0 Å². The van der Waals surface area contributed by atoms with Crippen LogP contribution in [0.5, 0.6) is 5.75 Å². The number of hydrogen-bond acceptors (Lipinski definition) is 1. The molecule has 2 rings (SSSR count). The number of halogens is 1. The van der Waals surface area contributed by atoms with Gasteiger partial charge in [0.15, 0.2) is 0 Å². The van der Waals surface area contributed by atoms with E-state index >= 15 is 0 Å². The third kappa shape index (κ3) is 1.51. The summed E-state index contributed by atoms with van der Waals surface area (Å²) >= 11 is 0. The Hall–Kier alpha value is -1.05. The first-order valence-electron chi connectivity index (χ1n) is 6.50. The molecule has 0 radical (unpaired) electrons. The summed E-state index contributed by atoms with van der Waals surface area (Å²) < 4.78 is 20.6. The van der Waals surface area contributed by atoms with E-state index in [1.807, 2.05) is 26.8 Å². The lowest BCUT2D eigenvalue weighted by atomic mass is 9.59. The number of hydrogen-bond donors (Lipinski definition) is 0. The third-order valence-electron chi connectivity index (χ3n) is 5.06. The third-order valence-corrected chi connectivity index (χ3v) is 5.06. The maximum Gasteiger partial charge on any atom is 0.251 e. The van der Waals surface area contributed by atoms with Gasteiger partial charge in [0.1, 0.15) is 5.75 Å². The lowest BCUT2D eigenvalue weighted by molar-refractivity contribution is -0.178. The molecule has 0 amide bonds. The van der Waals surface area contributed by atoms with Crippen LogP contribution in [0.1, 0.15) is 51.3 Å².